The van der Waals surface area contributed by atoms with Crippen LogP contribution in [-0.2, 0) is 4.43 Å². The Labute approximate surface area is 150 Å². The van der Waals surface area contributed by atoms with Crippen LogP contribution in [-0.4, -0.2) is 49.4 Å². The van der Waals surface area contributed by atoms with Gasteiger partial charge in [0.25, 0.3) is 11.8 Å². The second kappa shape index (κ2) is 7.12. The number of amides is 2. The number of aliphatic hydroxyl groups excluding tert-OH is 1. The fraction of sp³-hybridized carbons (Fsp3) is 0.474. The van der Waals surface area contributed by atoms with Crippen LogP contribution >= 0.6 is 0 Å². The lowest BCUT2D eigenvalue weighted by Crippen LogP contribution is -2.40. The van der Waals surface area contributed by atoms with E-state index in [1.54, 1.807) is 24.3 Å². The molecule has 1 aromatic carbocycles. The van der Waals surface area contributed by atoms with E-state index in [1.165, 1.54) is 0 Å². The van der Waals surface area contributed by atoms with Crippen molar-refractivity contribution in [1.82, 2.24) is 4.90 Å². The number of carbonyl (C=O) groups is 2. The summed E-state index contributed by atoms with van der Waals surface area (Å²) in [7, 11) is -1.88. The molecule has 6 heteroatoms. The molecule has 0 radical (unpaired) electrons. The first-order valence-corrected chi connectivity index (χ1v) is 11.2. The highest BCUT2D eigenvalue weighted by molar-refractivity contribution is 6.74. The molecule has 1 N–H and O–H groups in total. The Kier molecular flexibility index (Phi) is 5.52. The van der Waals surface area contributed by atoms with E-state index in [9.17, 15) is 14.7 Å². The summed E-state index contributed by atoms with van der Waals surface area (Å²) < 4.78 is 5.91. The lowest BCUT2D eigenvalue weighted by Gasteiger charge is -2.35. The Morgan fingerprint density at radius 3 is 2.16 bits per heavy atom. The molecule has 0 aliphatic carbocycles. The Bertz CT molecular complexity index is 705. The third-order valence-electron chi connectivity index (χ3n) is 4.81. The molecule has 0 bridgehead atoms. The summed E-state index contributed by atoms with van der Waals surface area (Å²) in [6.07, 6.45) is -1.09. The van der Waals surface area contributed by atoms with E-state index in [2.05, 4.69) is 45.7 Å². The third kappa shape index (κ3) is 4.18. The van der Waals surface area contributed by atoms with E-state index in [4.69, 9.17) is 4.43 Å². The Morgan fingerprint density at radius 1 is 1.16 bits per heavy atom. The van der Waals surface area contributed by atoms with Gasteiger partial charge in [0.05, 0.1) is 24.3 Å². The first-order valence-electron chi connectivity index (χ1n) is 8.30. The van der Waals surface area contributed by atoms with Crippen molar-refractivity contribution in [2.45, 2.75) is 45.0 Å². The molecule has 0 aromatic heterocycles. The molecule has 0 saturated heterocycles. The summed E-state index contributed by atoms with van der Waals surface area (Å²) in [4.78, 5) is 25.5. The van der Waals surface area contributed by atoms with E-state index < -0.39 is 14.4 Å². The van der Waals surface area contributed by atoms with Gasteiger partial charge in [-0.3, -0.25) is 14.5 Å². The van der Waals surface area contributed by atoms with Crippen molar-refractivity contribution in [1.29, 1.82) is 0 Å². The van der Waals surface area contributed by atoms with Crippen LogP contribution in [0.3, 0.4) is 0 Å². The molecule has 1 unspecified atom stereocenters. The smallest absolute Gasteiger partial charge is 0.261 e. The molecule has 1 atom stereocenters. The third-order valence-corrected chi connectivity index (χ3v) is 9.29. The molecular weight excluding hydrogens is 334 g/mol. The average molecular weight is 359 g/mol. The number of hydrogen-bond donors (Lipinski definition) is 1. The van der Waals surface area contributed by atoms with Gasteiger partial charge < -0.3 is 9.53 Å². The van der Waals surface area contributed by atoms with Crippen molar-refractivity contribution in [2.75, 3.05) is 13.2 Å². The quantitative estimate of drug-likeness (QED) is 0.510. The second-order valence-electron chi connectivity index (χ2n) is 7.65. The zero-order valence-corrected chi connectivity index (χ0v) is 16.4. The summed E-state index contributed by atoms with van der Waals surface area (Å²) in [5.74, 6) is 4.68. The molecule has 0 spiro atoms. The molecule has 1 aliphatic heterocycles. The zero-order valence-electron chi connectivity index (χ0n) is 15.4. The van der Waals surface area contributed by atoms with E-state index in [1.807, 2.05) is 0 Å². The van der Waals surface area contributed by atoms with Crippen molar-refractivity contribution < 1.29 is 19.1 Å². The van der Waals surface area contributed by atoms with Crippen molar-refractivity contribution in [3.63, 3.8) is 0 Å². The van der Waals surface area contributed by atoms with Gasteiger partial charge in [0, 0.05) is 0 Å². The molecule has 25 heavy (non-hydrogen) atoms. The van der Waals surface area contributed by atoms with Crippen molar-refractivity contribution in [3.8, 4) is 11.8 Å². The van der Waals surface area contributed by atoms with Crippen LogP contribution in [0.25, 0.3) is 0 Å². The minimum absolute atomic E-state index is 0.0907. The van der Waals surface area contributed by atoms with E-state index in [0.717, 1.165) is 4.90 Å². The van der Waals surface area contributed by atoms with E-state index in [-0.39, 0.29) is 30.0 Å². The fourth-order valence-corrected chi connectivity index (χ4v) is 3.08. The maximum Gasteiger partial charge on any atom is 0.261 e. The topological polar surface area (TPSA) is 66.8 Å². The van der Waals surface area contributed by atoms with Gasteiger partial charge in [-0.2, -0.15) is 0 Å². The van der Waals surface area contributed by atoms with E-state index >= 15 is 0 Å². The van der Waals surface area contributed by atoms with Gasteiger partial charge in [0.1, 0.15) is 6.10 Å². The lowest BCUT2D eigenvalue weighted by molar-refractivity contribution is 0.0591. The lowest BCUT2D eigenvalue weighted by atomic mass is 10.1. The number of carbonyl (C=O) groups excluding carboxylic acids is 2. The van der Waals surface area contributed by atoms with Crippen LogP contribution in [0.2, 0.25) is 18.1 Å². The van der Waals surface area contributed by atoms with Gasteiger partial charge in [-0.25, -0.2) is 0 Å². The standard InChI is InChI=1S/C19H25NO4Si/c1-19(2,3)25(4,5)24-12-8-9-14(21)13-20-17(22)15-10-6-7-11-16(15)18(20)23/h6-7,10-11,14,21H,12-13H2,1-5H3. The SMILES string of the molecule is CC(C)(C)[Si](C)(C)OCC#CC(O)CN1C(=O)c2ccccc2C1=O. The zero-order chi connectivity index (χ0) is 18.8. The van der Waals surface area contributed by atoms with Crippen LogP contribution in [0.4, 0.5) is 0 Å². The molecule has 1 aliphatic rings. The van der Waals surface area contributed by atoms with Crippen LogP contribution in [0.15, 0.2) is 24.3 Å². The summed E-state index contributed by atoms with van der Waals surface area (Å²) in [6, 6.07) is 6.64. The Hall–Kier alpha value is -1.94. The van der Waals surface area contributed by atoms with Crippen LogP contribution in [0, 0.1) is 11.8 Å². The van der Waals surface area contributed by atoms with Gasteiger partial charge >= 0.3 is 0 Å². The highest BCUT2D eigenvalue weighted by atomic mass is 28.4. The highest BCUT2D eigenvalue weighted by Gasteiger charge is 2.37. The number of fused-ring (bicyclic) bond motifs is 1. The van der Waals surface area contributed by atoms with Gasteiger partial charge in [0.15, 0.2) is 8.32 Å². The number of β-amino-alcohol motifs (C(OH)–C–C–N with tert-alkyl or cyclic N) is 1. The highest BCUT2D eigenvalue weighted by Crippen LogP contribution is 2.36. The number of imide groups is 1. The number of rotatable bonds is 4. The second-order valence-corrected chi connectivity index (χ2v) is 12.5. The van der Waals surface area contributed by atoms with Crippen molar-refractivity contribution in [2.24, 2.45) is 0 Å². The van der Waals surface area contributed by atoms with Crippen LogP contribution in [0.5, 0.6) is 0 Å². The summed E-state index contributed by atoms with van der Waals surface area (Å²) in [6.45, 7) is 10.8. The number of hydrogen-bond acceptors (Lipinski definition) is 4. The fourth-order valence-electron chi connectivity index (χ4n) is 2.22. The molecule has 134 valence electrons. The molecule has 0 saturated carbocycles. The van der Waals surface area contributed by atoms with Gasteiger partial charge in [-0.15, -0.1) is 0 Å². The van der Waals surface area contributed by atoms with Gasteiger partial charge in [0.2, 0.25) is 0 Å². The molecule has 5 nitrogen and oxygen atoms in total. The molecular formula is C19H25NO4Si. The largest absolute Gasteiger partial charge is 0.406 e. The first-order chi connectivity index (χ1) is 11.5. The van der Waals surface area contributed by atoms with E-state index in [0.29, 0.717) is 11.1 Å². The number of nitrogens with zero attached hydrogens (tertiary/aromatic N) is 1. The predicted molar refractivity (Wildman–Crippen MR) is 98.7 cm³/mol. The number of benzene rings is 1. The summed E-state index contributed by atoms with van der Waals surface area (Å²) in [5.41, 5.74) is 0.739. The maximum absolute atomic E-state index is 12.2. The Balaban J connectivity index is 1.93. The predicted octanol–water partition coefficient (Wildman–Crippen LogP) is 2.67. The number of aliphatic hydroxyl groups is 1. The molecule has 1 heterocycles. The Morgan fingerprint density at radius 2 is 1.68 bits per heavy atom. The van der Waals surface area contributed by atoms with Crippen molar-refractivity contribution >= 4 is 20.1 Å². The average Bonchev–Trinajstić information content (AvgIpc) is 2.76. The van der Waals surface area contributed by atoms with Crippen molar-refractivity contribution in [3.05, 3.63) is 35.4 Å². The minimum atomic E-state index is -1.88. The molecule has 1 aromatic rings. The first kappa shape index (κ1) is 19.4. The molecule has 0 fully saturated rings. The summed E-state index contributed by atoms with van der Waals surface area (Å²) in [5, 5.41) is 10.1. The maximum atomic E-state index is 12.2. The van der Waals surface area contributed by atoms with Crippen LogP contribution < -0.4 is 0 Å². The summed E-state index contributed by atoms with van der Waals surface area (Å²) >= 11 is 0. The molecule has 2 amide bonds. The van der Waals surface area contributed by atoms with Gasteiger partial charge in [-0.1, -0.05) is 44.7 Å². The minimum Gasteiger partial charge on any atom is -0.406 e. The van der Waals surface area contributed by atoms with Gasteiger partial charge in [-0.05, 0) is 30.3 Å². The molecule has 2 rings (SSSR count). The monoisotopic (exact) mass is 359 g/mol. The normalized spacial score (nSPS) is 15.7. The van der Waals surface area contributed by atoms with Crippen LogP contribution in [0.1, 0.15) is 41.5 Å².